The standard InChI is InChI=1S/C13H10F5NO2/c1-2-21-11(20)5-7-3-8(12(14)15)9(6-19)10(4-7)13(16,17)18/h3-4,12H,2,5H2,1H3. The number of rotatable bonds is 4. The van der Waals surface area contributed by atoms with Crippen molar-refractivity contribution in [2.24, 2.45) is 0 Å². The summed E-state index contributed by atoms with van der Waals surface area (Å²) in [6.45, 7) is 1.52. The van der Waals surface area contributed by atoms with Crippen LogP contribution in [0.5, 0.6) is 0 Å². The lowest BCUT2D eigenvalue weighted by atomic mass is 9.96. The van der Waals surface area contributed by atoms with Crippen LogP contribution in [0, 0.1) is 11.3 Å². The van der Waals surface area contributed by atoms with E-state index in [4.69, 9.17) is 5.26 Å². The quantitative estimate of drug-likeness (QED) is 0.630. The number of ether oxygens (including phenoxy) is 1. The second-order valence-corrected chi connectivity index (χ2v) is 4.00. The van der Waals surface area contributed by atoms with E-state index < -0.39 is 41.7 Å². The zero-order valence-corrected chi connectivity index (χ0v) is 10.8. The molecule has 8 heteroatoms. The van der Waals surface area contributed by atoms with Crippen LogP contribution in [0.1, 0.15) is 35.6 Å². The molecule has 0 unspecified atom stereocenters. The molecule has 0 bridgehead atoms. The van der Waals surface area contributed by atoms with Crippen molar-refractivity contribution in [2.75, 3.05) is 6.61 Å². The van der Waals surface area contributed by atoms with Gasteiger partial charge < -0.3 is 4.74 Å². The van der Waals surface area contributed by atoms with Gasteiger partial charge in [-0.05, 0) is 24.6 Å². The predicted molar refractivity (Wildman–Crippen MR) is 61.5 cm³/mol. The van der Waals surface area contributed by atoms with Gasteiger partial charge in [0.25, 0.3) is 6.43 Å². The maximum Gasteiger partial charge on any atom is 0.417 e. The maximum atomic E-state index is 12.8. The summed E-state index contributed by atoms with van der Waals surface area (Å²) in [5, 5.41) is 8.69. The topological polar surface area (TPSA) is 50.1 Å². The van der Waals surface area contributed by atoms with Crippen molar-refractivity contribution in [3.8, 4) is 6.07 Å². The van der Waals surface area contributed by atoms with E-state index in [1.165, 1.54) is 6.92 Å². The lowest BCUT2D eigenvalue weighted by Gasteiger charge is -2.14. The van der Waals surface area contributed by atoms with E-state index in [-0.39, 0.29) is 12.2 Å². The molecule has 0 saturated heterocycles. The molecule has 0 spiro atoms. The number of alkyl halides is 5. The Hall–Kier alpha value is -2.17. The zero-order chi connectivity index (χ0) is 16.2. The van der Waals surface area contributed by atoms with Gasteiger partial charge in [0.15, 0.2) is 0 Å². The number of benzene rings is 1. The highest BCUT2D eigenvalue weighted by Gasteiger charge is 2.36. The van der Waals surface area contributed by atoms with E-state index >= 15 is 0 Å². The van der Waals surface area contributed by atoms with Crippen molar-refractivity contribution in [1.29, 1.82) is 5.26 Å². The lowest BCUT2D eigenvalue weighted by Crippen LogP contribution is -2.14. The summed E-state index contributed by atoms with van der Waals surface area (Å²) in [7, 11) is 0. The summed E-state index contributed by atoms with van der Waals surface area (Å²) in [6.07, 6.45) is -8.82. The first-order valence-electron chi connectivity index (χ1n) is 5.78. The Morgan fingerprint density at radius 1 is 1.38 bits per heavy atom. The average molecular weight is 307 g/mol. The highest BCUT2D eigenvalue weighted by Crippen LogP contribution is 2.37. The Balaban J connectivity index is 3.39. The zero-order valence-electron chi connectivity index (χ0n) is 10.8. The predicted octanol–water partition coefficient (Wildman–Crippen LogP) is 3.62. The number of hydrogen-bond acceptors (Lipinski definition) is 3. The van der Waals surface area contributed by atoms with Crippen molar-refractivity contribution in [1.82, 2.24) is 0 Å². The Labute approximate surface area is 116 Å². The summed E-state index contributed by atoms with van der Waals surface area (Å²) in [6, 6.07) is 2.37. The largest absolute Gasteiger partial charge is 0.466 e. The molecule has 0 aliphatic rings. The van der Waals surface area contributed by atoms with E-state index in [9.17, 15) is 26.7 Å². The fourth-order valence-corrected chi connectivity index (χ4v) is 1.73. The third-order valence-electron chi connectivity index (χ3n) is 2.53. The van der Waals surface area contributed by atoms with E-state index in [1.807, 2.05) is 0 Å². The fourth-order valence-electron chi connectivity index (χ4n) is 1.73. The normalized spacial score (nSPS) is 11.3. The second kappa shape index (κ2) is 6.52. The van der Waals surface area contributed by atoms with Gasteiger partial charge in [0, 0.05) is 5.56 Å². The van der Waals surface area contributed by atoms with Gasteiger partial charge in [-0.1, -0.05) is 0 Å². The first-order valence-corrected chi connectivity index (χ1v) is 5.78. The molecule has 1 aromatic rings. The van der Waals surface area contributed by atoms with E-state index in [1.54, 1.807) is 0 Å². The summed E-state index contributed by atoms with van der Waals surface area (Å²) >= 11 is 0. The van der Waals surface area contributed by atoms with Gasteiger partial charge in [0.2, 0.25) is 0 Å². The molecule has 0 radical (unpaired) electrons. The van der Waals surface area contributed by atoms with Crippen LogP contribution in [0.4, 0.5) is 22.0 Å². The smallest absolute Gasteiger partial charge is 0.417 e. The van der Waals surface area contributed by atoms with Crippen molar-refractivity contribution < 1.29 is 31.5 Å². The third kappa shape index (κ3) is 4.15. The minimum Gasteiger partial charge on any atom is -0.466 e. The molecule has 0 aliphatic carbocycles. The molecule has 0 aliphatic heterocycles. The molecule has 0 N–H and O–H groups in total. The molecule has 114 valence electrons. The lowest BCUT2D eigenvalue weighted by molar-refractivity contribution is -0.142. The van der Waals surface area contributed by atoms with Crippen molar-refractivity contribution in [2.45, 2.75) is 25.9 Å². The SMILES string of the molecule is CCOC(=O)Cc1cc(C(F)F)c(C#N)c(C(F)(F)F)c1. The summed E-state index contributed by atoms with van der Waals surface area (Å²) in [5.41, 5.74) is -3.95. The molecule has 1 aromatic carbocycles. The molecule has 0 heterocycles. The van der Waals surface area contributed by atoms with E-state index in [0.717, 1.165) is 12.1 Å². The number of carbonyl (C=O) groups excluding carboxylic acids is 1. The van der Waals surface area contributed by atoms with Gasteiger partial charge >= 0.3 is 12.1 Å². The number of halogens is 5. The fraction of sp³-hybridized carbons (Fsp3) is 0.385. The van der Waals surface area contributed by atoms with E-state index in [2.05, 4.69) is 4.74 Å². The van der Waals surface area contributed by atoms with Crippen LogP contribution in [0.15, 0.2) is 12.1 Å². The monoisotopic (exact) mass is 307 g/mol. The Bertz CT molecular complexity index is 575. The van der Waals surface area contributed by atoms with Gasteiger partial charge in [0.1, 0.15) is 6.07 Å². The molecule has 21 heavy (non-hydrogen) atoms. The van der Waals surface area contributed by atoms with Crippen LogP contribution in [-0.2, 0) is 22.1 Å². The minimum absolute atomic E-state index is 0.0168. The Morgan fingerprint density at radius 2 is 2.00 bits per heavy atom. The number of hydrogen-bond donors (Lipinski definition) is 0. The maximum absolute atomic E-state index is 12.8. The first-order chi connectivity index (χ1) is 9.70. The molecule has 0 aromatic heterocycles. The second-order valence-electron chi connectivity index (χ2n) is 4.00. The van der Waals surface area contributed by atoms with Crippen LogP contribution in [0.25, 0.3) is 0 Å². The van der Waals surface area contributed by atoms with Gasteiger partial charge in [-0.2, -0.15) is 18.4 Å². The highest BCUT2D eigenvalue weighted by molar-refractivity contribution is 5.73. The Morgan fingerprint density at radius 3 is 2.43 bits per heavy atom. The summed E-state index contributed by atoms with van der Waals surface area (Å²) in [4.78, 5) is 11.3. The number of nitriles is 1. The summed E-state index contributed by atoms with van der Waals surface area (Å²) < 4.78 is 68.7. The molecule has 0 saturated carbocycles. The van der Waals surface area contributed by atoms with Crippen molar-refractivity contribution in [3.05, 3.63) is 34.4 Å². The molecule has 0 amide bonds. The molecular weight excluding hydrogens is 297 g/mol. The van der Waals surface area contributed by atoms with Gasteiger partial charge in [-0.3, -0.25) is 4.79 Å². The van der Waals surface area contributed by atoms with Crippen molar-refractivity contribution >= 4 is 5.97 Å². The van der Waals surface area contributed by atoms with Crippen LogP contribution in [0.2, 0.25) is 0 Å². The highest BCUT2D eigenvalue weighted by atomic mass is 19.4. The molecule has 0 fully saturated rings. The number of nitrogens with zero attached hydrogens (tertiary/aromatic N) is 1. The molecule has 0 atom stereocenters. The molecule has 1 rings (SSSR count). The first kappa shape index (κ1) is 16.9. The van der Waals surface area contributed by atoms with E-state index in [0.29, 0.717) is 6.07 Å². The van der Waals surface area contributed by atoms with Crippen LogP contribution in [0.3, 0.4) is 0 Å². The van der Waals surface area contributed by atoms with Crippen molar-refractivity contribution in [3.63, 3.8) is 0 Å². The van der Waals surface area contributed by atoms with Gasteiger partial charge in [0.05, 0.1) is 24.2 Å². The summed E-state index contributed by atoms with van der Waals surface area (Å²) in [5.74, 6) is -0.837. The van der Waals surface area contributed by atoms with Crippen LogP contribution >= 0.6 is 0 Å². The van der Waals surface area contributed by atoms with Gasteiger partial charge in [-0.15, -0.1) is 0 Å². The Kier molecular flexibility index (Phi) is 5.24. The average Bonchev–Trinajstić information content (AvgIpc) is 2.36. The van der Waals surface area contributed by atoms with Crippen LogP contribution in [-0.4, -0.2) is 12.6 Å². The minimum atomic E-state index is -4.97. The molecule has 3 nitrogen and oxygen atoms in total. The number of esters is 1. The molecular formula is C13H10F5NO2. The third-order valence-corrected chi connectivity index (χ3v) is 2.53. The number of carbonyl (C=O) groups is 1. The van der Waals surface area contributed by atoms with Gasteiger partial charge in [-0.25, -0.2) is 8.78 Å². The van der Waals surface area contributed by atoms with Crippen LogP contribution < -0.4 is 0 Å².